The topological polar surface area (TPSA) is 21.7 Å². The van der Waals surface area contributed by atoms with Crippen LogP contribution in [0.3, 0.4) is 0 Å². The Kier molecular flexibility index (Phi) is 6.00. The number of likely N-dealkylation sites (tertiary alicyclic amines) is 1. The molecule has 1 heterocycles. The van der Waals surface area contributed by atoms with E-state index in [9.17, 15) is 8.78 Å². The summed E-state index contributed by atoms with van der Waals surface area (Å²) < 4.78 is 37.9. The molecule has 0 radical (unpaired) electrons. The van der Waals surface area contributed by atoms with Gasteiger partial charge in [0.1, 0.15) is 5.82 Å². The summed E-state index contributed by atoms with van der Waals surface area (Å²) in [5.74, 6) is -0.317. The SMILES string of the molecule is COc1ccc(CN2CCC[C@H](OCc3cccc(F)c3)C2)cc1F. The highest BCUT2D eigenvalue weighted by Crippen LogP contribution is 2.21. The van der Waals surface area contributed by atoms with E-state index in [0.717, 1.165) is 37.1 Å². The van der Waals surface area contributed by atoms with Crippen LogP contribution in [-0.4, -0.2) is 31.2 Å². The second-order valence-electron chi connectivity index (χ2n) is 6.41. The van der Waals surface area contributed by atoms with E-state index in [0.29, 0.717) is 13.2 Å². The molecule has 25 heavy (non-hydrogen) atoms. The number of rotatable bonds is 6. The molecule has 0 spiro atoms. The third-order valence-electron chi connectivity index (χ3n) is 4.46. The quantitative estimate of drug-likeness (QED) is 0.783. The van der Waals surface area contributed by atoms with E-state index in [1.807, 2.05) is 12.1 Å². The van der Waals surface area contributed by atoms with Gasteiger partial charge in [-0.25, -0.2) is 8.78 Å². The Labute approximate surface area is 147 Å². The minimum atomic E-state index is -0.337. The van der Waals surface area contributed by atoms with Gasteiger partial charge in [0.25, 0.3) is 0 Å². The van der Waals surface area contributed by atoms with Crippen molar-refractivity contribution in [2.24, 2.45) is 0 Å². The van der Waals surface area contributed by atoms with Gasteiger partial charge in [0.05, 0.1) is 19.8 Å². The summed E-state index contributed by atoms with van der Waals surface area (Å²) in [6.45, 7) is 2.85. The van der Waals surface area contributed by atoms with Crippen molar-refractivity contribution in [3.05, 3.63) is 65.2 Å². The Balaban J connectivity index is 1.53. The zero-order valence-electron chi connectivity index (χ0n) is 14.4. The molecule has 3 nitrogen and oxygen atoms in total. The zero-order chi connectivity index (χ0) is 17.6. The van der Waals surface area contributed by atoms with Crippen LogP contribution in [0.5, 0.6) is 5.75 Å². The molecule has 1 aliphatic heterocycles. The van der Waals surface area contributed by atoms with Crippen LogP contribution in [0, 0.1) is 11.6 Å². The van der Waals surface area contributed by atoms with Crippen LogP contribution in [-0.2, 0) is 17.9 Å². The van der Waals surface area contributed by atoms with E-state index in [4.69, 9.17) is 9.47 Å². The lowest BCUT2D eigenvalue weighted by molar-refractivity contribution is -0.0121. The molecule has 0 aliphatic carbocycles. The lowest BCUT2D eigenvalue weighted by Gasteiger charge is -2.32. The van der Waals surface area contributed by atoms with Crippen LogP contribution in [0.1, 0.15) is 24.0 Å². The third kappa shape index (κ3) is 5.00. The van der Waals surface area contributed by atoms with Gasteiger partial charge in [-0.2, -0.15) is 0 Å². The lowest BCUT2D eigenvalue weighted by atomic mass is 10.1. The molecular formula is C20H23F2NO2. The zero-order valence-corrected chi connectivity index (χ0v) is 14.4. The van der Waals surface area contributed by atoms with Crippen LogP contribution in [0.4, 0.5) is 8.78 Å². The van der Waals surface area contributed by atoms with Crippen LogP contribution in [0.2, 0.25) is 0 Å². The Bertz CT molecular complexity index is 708. The van der Waals surface area contributed by atoms with E-state index < -0.39 is 0 Å². The Morgan fingerprint density at radius 2 is 2.00 bits per heavy atom. The molecule has 1 saturated heterocycles. The van der Waals surface area contributed by atoms with Gasteiger partial charge >= 0.3 is 0 Å². The molecule has 1 fully saturated rings. The van der Waals surface area contributed by atoms with Crippen molar-refractivity contribution in [3.8, 4) is 5.75 Å². The first-order valence-electron chi connectivity index (χ1n) is 8.55. The molecular weight excluding hydrogens is 324 g/mol. The van der Waals surface area contributed by atoms with Gasteiger partial charge < -0.3 is 9.47 Å². The molecule has 0 N–H and O–H groups in total. The minimum Gasteiger partial charge on any atom is -0.494 e. The molecule has 3 rings (SSSR count). The Hall–Kier alpha value is -1.98. The van der Waals surface area contributed by atoms with Crippen LogP contribution < -0.4 is 4.74 Å². The fourth-order valence-corrected chi connectivity index (χ4v) is 3.20. The van der Waals surface area contributed by atoms with Crippen LogP contribution in [0.15, 0.2) is 42.5 Å². The minimum absolute atomic E-state index is 0.111. The van der Waals surface area contributed by atoms with Crippen LogP contribution in [0.25, 0.3) is 0 Å². The van der Waals surface area contributed by atoms with Crippen molar-refractivity contribution in [2.45, 2.75) is 32.1 Å². The summed E-state index contributed by atoms with van der Waals surface area (Å²) in [7, 11) is 1.46. The van der Waals surface area contributed by atoms with E-state index in [1.54, 1.807) is 12.1 Å². The number of nitrogens with zero attached hydrogens (tertiary/aromatic N) is 1. The van der Waals surface area contributed by atoms with Gasteiger partial charge in [0, 0.05) is 13.1 Å². The molecule has 0 amide bonds. The van der Waals surface area contributed by atoms with Crippen molar-refractivity contribution in [2.75, 3.05) is 20.2 Å². The first-order chi connectivity index (χ1) is 12.1. The van der Waals surface area contributed by atoms with Crippen molar-refractivity contribution in [3.63, 3.8) is 0 Å². The van der Waals surface area contributed by atoms with Gasteiger partial charge in [-0.15, -0.1) is 0 Å². The van der Waals surface area contributed by atoms with Gasteiger partial charge in [0.15, 0.2) is 11.6 Å². The summed E-state index contributed by atoms with van der Waals surface area (Å²) in [6.07, 6.45) is 2.13. The molecule has 1 atom stereocenters. The second-order valence-corrected chi connectivity index (χ2v) is 6.41. The number of ether oxygens (including phenoxy) is 2. The lowest BCUT2D eigenvalue weighted by Crippen LogP contribution is -2.39. The van der Waals surface area contributed by atoms with E-state index in [2.05, 4.69) is 4.90 Å². The fourth-order valence-electron chi connectivity index (χ4n) is 3.20. The predicted molar refractivity (Wildman–Crippen MR) is 92.4 cm³/mol. The van der Waals surface area contributed by atoms with Gasteiger partial charge in [-0.05, 0) is 54.8 Å². The summed E-state index contributed by atoms with van der Waals surface area (Å²) in [5, 5.41) is 0. The number of benzene rings is 2. The standard InChI is InChI=1S/C20H23F2NO2/c1-24-20-8-7-15(11-19(20)22)12-23-9-3-6-18(13-23)25-14-16-4-2-5-17(21)10-16/h2,4-5,7-8,10-11,18H,3,6,9,12-14H2,1H3/t18-/m0/s1. The largest absolute Gasteiger partial charge is 0.494 e. The highest BCUT2D eigenvalue weighted by atomic mass is 19.1. The fraction of sp³-hybridized carbons (Fsp3) is 0.400. The summed E-state index contributed by atoms with van der Waals surface area (Å²) in [4.78, 5) is 2.26. The first kappa shape index (κ1) is 17.8. The van der Waals surface area contributed by atoms with Crippen molar-refractivity contribution in [1.29, 1.82) is 0 Å². The molecule has 0 aromatic heterocycles. The normalized spacial score (nSPS) is 18.3. The Morgan fingerprint density at radius 1 is 1.12 bits per heavy atom. The number of piperidine rings is 1. The van der Waals surface area contributed by atoms with Crippen molar-refractivity contribution in [1.82, 2.24) is 4.90 Å². The number of hydrogen-bond donors (Lipinski definition) is 0. The smallest absolute Gasteiger partial charge is 0.165 e. The first-order valence-corrected chi connectivity index (χ1v) is 8.55. The van der Waals surface area contributed by atoms with E-state index in [1.165, 1.54) is 25.3 Å². The summed E-state index contributed by atoms with van der Waals surface area (Å²) >= 11 is 0. The molecule has 0 saturated carbocycles. The number of hydrogen-bond acceptors (Lipinski definition) is 3. The maximum atomic E-state index is 13.8. The molecule has 0 bridgehead atoms. The highest BCUT2D eigenvalue weighted by Gasteiger charge is 2.21. The predicted octanol–water partition coefficient (Wildman–Crippen LogP) is 4.15. The number of halogens is 2. The van der Waals surface area contributed by atoms with Crippen molar-refractivity contribution < 1.29 is 18.3 Å². The molecule has 2 aromatic rings. The maximum Gasteiger partial charge on any atom is 0.165 e. The molecule has 5 heteroatoms. The molecule has 0 unspecified atom stereocenters. The monoisotopic (exact) mass is 347 g/mol. The molecule has 2 aromatic carbocycles. The van der Waals surface area contributed by atoms with E-state index >= 15 is 0 Å². The highest BCUT2D eigenvalue weighted by molar-refractivity contribution is 5.29. The maximum absolute atomic E-state index is 13.8. The summed E-state index contributed by atoms with van der Waals surface area (Å²) in [5.41, 5.74) is 1.76. The van der Waals surface area contributed by atoms with Gasteiger partial charge in [-0.1, -0.05) is 18.2 Å². The van der Waals surface area contributed by atoms with Crippen LogP contribution >= 0.6 is 0 Å². The average Bonchev–Trinajstić information content (AvgIpc) is 2.61. The van der Waals surface area contributed by atoms with Crippen molar-refractivity contribution >= 4 is 0 Å². The molecule has 134 valence electrons. The molecule has 1 aliphatic rings. The third-order valence-corrected chi connectivity index (χ3v) is 4.46. The number of methoxy groups -OCH3 is 1. The average molecular weight is 347 g/mol. The summed E-state index contributed by atoms with van der Waals surface area (Å²) in [6, 6.07) is 11.6. The second kappa shape index (κ2) is 8.41. The Morgan fingerprint density at radius 3 is 2.76 bits per heavy atom. The van der Waals surface area contributed by atoms with E-state index in [-0.39, 0.29) is 23.5 Å². The van der Waals surface area contributed by atoms with Gasteiger partial charge in [-0.3, -0.25) is 4.90 Å². The van der Waals surface area contributed by atoms with Gasteiger partial charge in [0.2, 0.25) is 0 Å².